The summed E-state index contributed by atoms with van der Waals surface area (Å²) >= 11 is 0. The molecule has 1 aromatic heterocycles. The Labute approximate surface area is 132 Å². The van der Waals surface area contributed by atoms with Gasteiger partial charge in [-0.05, 0) is 31.6 Å². The zero-order valence-corrected chi connectivity index (χ0v) is 12.8. The molecule has 0 bridgehead atoms. The van der Waals surface area contributed by atoms with Gasteiger partial charge in [-0.2, -0.15) is 0 Å². The number of carbonyl (C=O) groups excluding carboxylic acids is 1. The average molecular weight is 315 g/mol. The van der Waals surface area contributed by atoms with E-state index in [9.17, 15) is 14.4 Å². The van der Waals surface area contributed by atoms with E-state index in [2.05, 4.69) is 5.32 Å². The molecule has 2 rings (SSSR count). The lowest BCUT2D eigenvalue weighted by molar-refractivity contribution is -0.146. The van der Waals surface area contributed by atoms with Crippen LogP contribution >= 0.6 is 0 Å². The standard InChI is InChI=1S/C17H17NO5/c1-3-17(2,16(21)22)18-14(19)9-8-11-10-23-13-7-5-4-6-12(13)15(11)20/h4-10H,3H2,1-2H3,(H,18,19)(H,21,22)/b9-8+. The minimum Gasteiger partial charge on any atom is -0.480 e. The van der Waals surface area contributed by atoms with Crippen molar-refractivity contribution in [3.05, 3.63) is 52.4 Å². The molecule has 23 heavy (non-hydrogen) atoms. The highest BCUT2D eigenvalue weighted by Gasteiger charge is 2.31. The molecule has 0 saturated heterocycles. The van der Waals surface area contributed by atoms with Gasteiger partial charge in [-0.1, -0.05) is 19.1 Å². The Hall–Kier alpha value is -2.89. The first kappa shape index (κ1) is 16.5. The maximum atomic E-state index is 12.3. The number of rotatable bonds is 5. The second kappa shape index (κ2) is 6.48. The largest absolute Gasteiger partial charge is 0.480 e. The van der Waals surface area contributed by atoms with E-state index in [0.29, 0.717) is 11.0 Å². The number of hydrogen-bond acceptors (Lipinski definition) is 4. The Morgan fingerprint density at radius 2 is 2.04 bits per heavy atom. The summed E-state index contributed by atoms with van der Waals surface area (Å²) < 4.78 is 5.34. The van der Waals surface area contributed by atoms with Gasteiger partial charge in [0.15, 0.2) is 5.43 Å². The summed E-state index contributed by atoms with van der Waals surface area (Å²) in [6.07, 6.45) is 3.94. The van der Waals surface area contributed by atoms with Crippen LogP contribution in [0.3, 0.4) is 0 Å². The molecule has 0 aliphatic rings. The van der Waals surface area contributed by atoms with Crippen LogP contribution < -0.4 is 10.7 Å². The molecular weight excluding hydrogens is 298 g/mol. The minimum absolute atomic E-state index is 0.215. The van der Waals surface area contributed by atoms with Crippen LogP contribution in [-0.2, 0) is 9.59 Å². The Balaban J connectivity index is 2.24. The van der Waals surface area contributed by atoms with E-state index in [-0.39, 0.29) is 17.4 Å². The number of para-hydroxylation sites is 1. The van der Waals surface area contributed by atoms with E-state index in [0.717, 1.165) is 6.08 Å². The number of carboxylic acid groups (broad SMARTS) is 1. The monoisotopic (exact) mass is 315 g/mol. The molecular formula is C17H17NO5. The summed E-state index contributed by atoms with van der Waals surface area (Å²) in [5, 5.41) is 12.0. The van der Waals surface area contributed by atoms with Crippen LogP contribution in [0.5, 0.6) is 0 Å². The maximum Gasteiger partial charge on any atom is 0.329 e. The first-order chi connectivity index (χ1) is 10.9. The highest BCUT2D eigenvalue weighted by molar-refractivity contribution is 5.95. The molecule has 1 heterocycles. The average Bonchev–Trinajstić information content (AvgIpc) is 2.54. The molecule has 6 heteroatoms. The second-order valence-electron chi connectivity index (χ2n) is 5.33. The van der Waals surface area contributed by atoms with E-state index < -0.39 is 17.4 Å². The minimum atomic E-state index is -1.35. The Morgan fingerprint density at radius 3 is 2.70 bits per heavy atom. The van der Waals surface area contributed by atoms with E-state index in [1.165, 1.54) is 19.3 Å². The van der Waals surface area contributed by atoms with Gasteiger partial charge in [0.05, 0.1) is 10.9 Å². The molecule has 1 atom stereocenters. The van der Waals surface area contributed by atoms with Crippen LogP contribution in [0, 0.1) is 0 Å². The van der Waals surface area contributed by atoms with Crippen molar-refractivity contribution in [2.75, 3.05) is 0 Å². The van der Waals surface area contributed by atoms with Crippen LogP contribution in [0.25, 0.3) is 17.0 Å². The molecule has 0 fully saturated rings. The Bertz CT molecular complexity index is 836. The number of nitrogens with one attached hydrogen (secondary N) is 1. The quantitative estimate of drug-likeness (QED) is 0.824. The molecule has 2 aromatic rings. The van der Waals surface area contributed by atoms with Gasteiger partial charge in [0.2, 0.25) is 5.91 Å². The van der Waals surface area contributed by atoms with Crippen LogP contribution in [0.2, 0.25) is 0 Å². The summed E-state index contributed by atoms with van der Waals surface area (Å²) in [4.78, 5) is 35.3. The van der Waals surface area contributed by atoms with Gasteiger partial charge in [-0.25, -0.2) is 4.79 Å². The van der Waals surface area contributed by atoms with Crippen molar-refractivity contribution in [3.8, 4) is 0 Å². The molecule has 1 aromatic carbocycles. The van der Waals surface area contributed by atoms with Crippen molar-refractivity contribution < 1.29 is 19.1 Å². The zero-order chi connectivity index (χ0) is 17.0. The van der Waals surface area contributed by atoms with Crippen molar-refractivity contribution in [1.29, 1.82) is 0 Å². The molecule has 1 unspecified atom stereocenters. The lowest BCUT2D eigenvalue weighted by Gasteiger charge is -2.23. The van der Waals surface area contributed by atoms with Crippen molar-refractivity contribution in [3.63, 3.8) is 0 Å². The SMILES string of the molecule is CCC(C)(NC(=O)/C=C/c1coc2ccccc2c1=O)C(=O)O. The molecule has 1 amide bonds. The van der Waals surface area contributed by atoms with Crippen molar-refractivity contribution in [2.24, 2.45) is 0 Å². The number of amides is 1. The van der Waals surface area contributed by atoms with E-state index in [1.807, 2.05) is 0 Å². The first-order valence-electron chi connectivity index (χ1n) is 7.11. The third-order valence-electron chi connectivity index (χ3n) is 3.70. The van der Waals surface area contributed by atoms with Gasteiger partial charge in [-0.3, -0.25) is 9.59 Å². The molecule has 0 aliphatic carbocycles. The van der Waals surface area contributed by atoms with Gasteiger partial charge in [-0.15, -0.1) is 0 Å². The van der Waals surface area contributed by atoms with Crippen molar-refractivity contribution in [1.82, 2.24) is 5.32 Å². The Kier molecular flexibility index (Phi) is 4.64. The van der Waals surface area contributed by atoms with Crippen LogP contribution in [-0.4, -0.2) is 22.5 Å². The fourth-order valence-corrected chi connectivity index (χ4v) is 1.98. The van der Waals surface area contributed by atoms with Crippen molar-refractivity contribution in [2.45, 2.75) is 25.8 Å². The van der Waals surface area contributed by atoms with Gasteiger partial charge >= 0.3 is 5.97 Å². The third-order valence-corrected chi connectivity index (χ3v) is 3.70. The van der Waals surface area contributed by atoms with E-state index in [4.69, 9.17) is 9.52 Å². The summed E-state index contributed by atoms with van der Waals surface area (Å²) in [7, 11) is 0. The third kappa shape index (κ3) is 3.48. The highest BCUT2D eigenvalue weighted by Crippen LogP contribution is 2.12. The first-order valence-corrected chi connectivity index (χ1v) is 7.11. The fourth-order valence-electron chi connectivity index (χ4n) is 1.98. The van der Waals surface area contributed by atoms with Crippen molar-refractivity contribution >= 4 is 28.9 Å². The number of benzene rings is 1. The molecule has 6 nitrogen and oxygen atoms in total. The van der Waals surface area contributed by atoms with Gasteiger partial charge in [0, 0.05) is 6.08 Å². The summed E-state index contributed by atoms with van der Waals surface area (Å²) in [6, 6.07) is 6.79. The molecule has 0 saturated carbocycles. The molecule has 2 N–H and O–H groups in total. The molecule has 0 radical (unpaired) electrons. The number of carboxylic acids is 1. The number of carbonyl (C=O) groups is 2. The fraction of sp³-hybridized carbons (Fsp3) is 0.235. The number of hydrogen-bond donors (Lipinski definition) is 2. The lowest BCUT2D eigenvalue weighted by Crippen LogP contribution is -2.51. The topological polar surface area (TPSA) is 96.6 Å². The Morgan fingerprint density at radius 1 is 1.35 bits per heavy atom. The van der Waals surface area contributed by atoms with Crippen LogP contribution in [0.1, 0.15) is 25.8 Å². The summed E-state index contributed by atoms with van der Waals surface area (Å²) in [5.74, 6) is -1.71. The number of aliphatic carboxylic acids is 1. The summed E-state index contributed by atoms with van der Waals surface area (Å²) in [5.41, 5.74) is -0.932. The lowest BCUT2D eigenvalue weighted by atomic mass is 9.99. The van der Waals surface area contributed by atoms with Gasteiger partial charge < -0.3 is 14.8 Å². The number of fused-ring (bicyclic) bond motifs is 1. The van der Waals surface area contributed by atoms with E-state index >= 15 is 0 Å². The predicted molar refractivity (Wildman–Crippen MR) is 86.0 cm³/mol. The van der Waals surface area contributed by atoms with Crippen LogP contribution in [0.15, 0.2) is 45.8 Å². The van der Waals surface area contributed by atoms with Crippen LogP contribution in [0.4, 0.5) is 0 Å². The second-order valence-corrected chi connectivity index (χ2v) is 5.33. The van der Waals surface area contributed by atoms with E-state index in [1.54, 1.807) is 31.2 Å². The van der Waals surface area contributed by atoms with Gasteiger partial charge in [0.1, 0.15) is 17.4 Å². The van der Waals surface area contributed by atoms with Gasteiger partial charge in [0.25, 0.3) is 0 Å². The predicted octanol–water partition coefficient (Wildman–Crippen LogP) is 2.18. The smallest absolute Gasteiger partial charge is 0.329 e. The highest BCUT2D eigenvalue weighted by atomic mass is 16.4. The summed E-state index contributed by atoms with van der Waals surface area (Å²) in [6.45, 7) is 3.08. The molecule has 120 valence electrons. The normalized spacial score (nSPS) is 13.8. The maximum absolute atomic E-state index is 12.3. The molecule has 0 aliphatic heterocycles. The molecule has 0 spiro atoms. The zero-order valence-electron chi connectivity index (χ0n) is 12.8.